The van der Waals surface area contributed by atoms with Crippen LogP contribution in [0.15, 0.2) is 21.2 Å². The number of aromatic carboxylic acids is 1. The molecule has 6 heteroatoms. The van der Waals surface area contributed by atoms with Crippen LogP contribution in [-0.2, 0) is 6.42 Å². The smallest absolute Gasteiger partial charge is 0.347 e. The molecule has 0 aliphatic rings. The van der Waals surface area contributed by atoms with Crippen LogP contribution in [0.2, 0.25) is 0 Å². The van der Waals surface area contributed by atoms with E-state index in [4.69, 9.17) is 9.52 Å². The van der Waals surface area contributed by atoms with Gasteiger partial charge in [0.1, 0.15) is 4.88 Å². The van der Waals surface area contributed by atoms with E-state index in [-0.39, 0.29) is 4.88 Å². The minimum absolute atomic E-state index is 0.279. The first-order valence-electron chi connectivity index (χ1n) is 4.59. The zero-order valence-corrected chi connectivity index (χ0v) is 10.8. The molecule has 0 aliphatic carbocycles. The predicted molar refractivity (Wildman–Crippen MR) is 63.9 cm³/mol. The highest BCUT2D eigenvalue weighted by Gasteiger charge is 2.19. The van der Waals surface area contributed by atoms with Crippen molar-refractivity contribution in [2.75, 3.05) is 0 Å². The Balaban J connectivity index is 2.52. The van der Waals surface area contributed by atoms with Crippen molar-refractivity contribution < 1.29 is 14.3 Å². The molecule has 0 atom stereocenters. The van der Waals surface area contributed by atoms with E-state index < -0.39 is 5.97 Å². The molecule has 0 spiro atoms. The van der Waals surface area contributed by atoms with Gasteiger partial charge < -0.3 is 9.52 Å². The van der Waals surface area contributed by atoms with Crippen molar-refractivity contribution in [2.45, 2.75) is 13.3 Å². The molecule has 84 valence electrons. The lowest BCUT2D eigenvalue weighted by Gasteiger charge is -1.89. The van der Waals surface area contributed by atoms with Crippen molar-refractivity contribution in [1.29, 1.82) is 0 Å². The summed E-state index contributed by atoms with van der Waals surface area (Å²) in [6.45, 7) is 1.88. The van der Waals surface area contributed by atoms with Crippen molar-refractivity contribution in [3.63, 3.8) is 0 Å². The highest BCUT2D eigenvalue weighted by atomic mass is 79.9. The lowest BCUT2D eigenvalue weighted by Crippen LogP contribution is -1.97. The first-order valence-corrected chi connectivity index (χ1v) is 6.20. The summed E-state index contributed by atoms with van der Waals surface area (Å²) >= 11 is 4.45. The van der Waals surface area contributed by atoms with Crippen LogP contribution in [-0.4, -0.2) is 16.1 Å². The lowest BCUT2D eigenvalue weighted by atomic mass is 10.3. The van der Waals surface area contributed by atoms with Crippen molar-refractivity contribution in [2.24, 2.45) is 0 Å². The average Bonchev–Trinajstić information content (AvgIpc) is 2.82. The van der Waals surface area contributed by atoms with Gasteiger partial charge in [0.15, 0.2) is 10.8 Å². The molecule has 0 fully saturated rings. The monoisotopic (exact) mass is 301 g/mol. The maximum Gasteiger partial charge on any atom is 0.347 e. The molecule has 2 heterocycles. The Morgan fingerprint density at radius 1 is 1.69 bits per heavy atom. The number of rotatable bonds is 3. The number of hydrogen-bond acceptors (Lipinski definition) is 4. The van der Waals surface area contributed by atoms with Crippen LogP contribution in [0.3, 0.4) is 0 Å². The molecule has 0 saturated heterocycles. The summed E-state index contributed by atoms with van der Waals surface area (Å²) in [6.07, 6.45) is 2.13. The molecule has 0 bridgehead atoms. The number of carboxylic acid groups (broad SMARTS) is 1. The Morgan fingerprint density at radius 3 is 2.88 bits per heavy atom. The van der Waals surface area contributed by atoms with E-state index in [0.717, 1.165) is 15.8 Å². The van der Waals surface area contributed by atoms with E-state index in [1.807, 2.05) is 6.92 Å². The Morgan fingerprint density at radius 2 is 2.44 bits per heavy atom. The Bertz CT molecular complexity index is 532. The number of carbonyl (C=O) groups is 1. The van der Waals surface area contributed by atoms with E-state index in [0.29, 0.717) is 22.9 Å². The summed E-state index contributed by atoms with van der Waals surface area (Å²) in [5, 5.41) is 9.59. The number of nitrogens with zero attached hydrogens (tertiary/aromatic N) is 1. The SMILES string of the molecule is CCc1nc(-c2occc2Br)sc1C(=O)O. The Kier molecular flexibility index (Phi) is 3.11. The van der Waals surface area contributed by atoms with Gasteiger partial charge in [0.2, 0.25) is 0 Å². The highest BCUT2D eigenvalue weighted by Crippen LogP contribution is 2.34. The molecule has 2 aromatic rings. The fourth-order valence-electron chi connectivity index (χ4n) is 1.30. The van der Waals surface area contributed by atoms with Gasteiger partial charge >= 0.3 is 5.97 Å². The van der Waals surface area contributed by atoms with Crippen molar-refractivity contribution in [3.05, 3.63) is 27.4 Å². The average molecular weight is 302 g/mol. The van der Waals surface area contributed by atoms with E-state index in [9.17, 15) is 4.79 Å². The van der Waals surface area contributed by atoms with Crippen LogP contribution in [0.5, 0.6) is 0 Å². The molecule has 2 aromatic heterocycles. The normalized spacial score (nSPS) is 10.6. The third-order valence-corrected chi connectivity index (χ3v) is 3.75. The number of halogens is 1. The van der Waals surface area contributed by atoms with Crippen LogP contribution in [0, 0.1) is 0 Å². The van der Waals surface area contributed by atoms with Crippen LogP contribution in [0.25, 0.3) is 10.8 Å². The molecule has 0 saturated carbocycles. The quantitative estimate of drug-likeness (QED) is 0.943. The molecule has 1 N–H and O–H groups in total. The van der Waals surface area contributed by atoms with Crippen LogP contribution < -0.4 is 0 Å². The van der Waals surface area contributed by atoms with Gasteiger partial charge in [-0.25, -0.2) is 9.78 Å². The fraction of sp³-hybridized carbons (Fsp3) is 0.200. The van der Waals surface area contributed by atoms with Crippen LogP contribution in [0.1, 0.15) is 22.3 Å². The van der Waals surface area contributed by atoms with Gasteiger partial charge in [0.25, 0.3) is 0 Å². The van der Waals surface area contributed by atoms with E-state index in [1.54, 1.807) is 6.07 Å². The van der Waals surface area contributed by atoms with E-state index >= 15 is 0 Å². The second-order valence-electron chi connectivity index (χ2n) is 3.05. The standard InChI is InChI=1S/C10H8BrNO3S/c1-2-6-8(10(13)14)16-9(12-6)7-5(11)3-4-15-7/h3-4H,2H2,1H3,(H,13,14). The maximum absolute atomic E-state index is 11.0. The van der Waals surface area contributed by atoms with E-state index in [1.165, 1.54) is 6.26 Å². The molecule has 0 radical (unpaired) electrons. The minimum Gasteiger partial charge on any atom is -0.477 e. The molecule has 16 heavy (non-hydrogen) atoms. The highest BCUT2D eigenvalue weighted by molar-refractivity contribution is 9.10. The van der Waals surface area contributed by atoms with Crippen LogP contribution in [0.4, 0.5) is 0 Å². The maximum atomic E-state index is 11.0. The van der Waals surface area contributed by atoms with Crippen molar-refractivity contribution in [1.82, 2.24) is 4.98 Å². The van der Waals surface area contributed by atoms with Gasteiger partial charge in [-0.1, -0.05) is 6.92 Å². The van der Waals surface area contributed by atoms with Gasteiger partial charge in [-0.15, -0.1) is 11.3 Å². The predicted octanol–water partition coefficient (Wildman–Crippen LogP) is 3.43. The topological polar surface area (TPSA) is 63.3 Å². The first kappa shape index (κ1) is 11.3. The zero-order chi connectivity index (χ0) is 11.7. The molecule has 0 aliphatic heterocycles. The molecule has 4 nitrogen and oxygen atoms in total. The summed E-state index contributed by atoms with van der Waals surface area (Å²) in [7, 11) is 0. The summed E-state index contributed by atoms with van der Waals surface area (Å²) in [5.74, 6) is -0.365. The summed E-state index contributed by atoms with van der Waals surface area (Å²) in [4.78, 5) is 15.5. The number of aryl methyl sites for hydroxylation is 1. The summed E-state index contributed by atoms with van der Waals surface area (Å²) in [5.41, 5.74) is 0.593. The second-order valence-corrected chi connectivity index (χ2v) is 4.90. The third-order valence-electron chi connectivity index (χ3n) is 2.04. The van der Waals surface area contributed by atoms with Gasteiger partial charge in [-0.05, 0) is 28.4 Å². The number of thiazole rings is 1. The number of furan rings is 1. The molecular weight excluding hydrogens is 294 g/mol. The number of carboxylic acids is 1. The Hall–Kier alpha value is -1.14. The zero-order valence-electron chi connectivity index (χ0n) is 8.36. The minimum atomic E-state index is -0.941. The van der Waals surface area contributed by atoms with Crippen LogP contribution >= 0.6 is 27.3 Å². The molecule has 0 amide bonds. The molecule has 2 rings (SSSR count). The molecule has 0 aromatic carbocycles. The van der Waals surface area contributed by atoms with E-state index in [2.05, 4.69) is 20.9 Å². The number of hydrogen-bond donors (Lipinski definition) is 1. The lowest BCUT2D eigenvalue weighted by molar-refractivity contribution is 0.0701. The molecular formula is C10H8BrNO3S. The second kappa shape index (κ2) is 4.39. The van der Waals surface area contributed by atoms with Gasteiger partial charge in [0.05, 0.1) is 16.4 Å². The van der Waals surface area contributed by atoms with Gasteiger partial charge in [0, 0.05) is 0 Å². The first-order chi connectivity index (χ1) is 7.63. The van der Waals surface area contributed by atoms with Crippen molar-refractivity contribution >= 4 is 33.2 Å². The third kappa shape index (κ3) is 1.90. The Labute approximate surface area is 104 Å². The number of aromatic nitrogens is 1. The van der Waals surface area contributed by atoms with Gasteiger partial charge in [-0.2, -0.15) is 0 Å². The van der Waals surface area contributed by atoms with Gasteiger partial charge in [-0.3, -0.25) is 0 Å². The van der Waals surface area contributed by atoms with Crippen molar-refractivity contribution in [3.8, 4) is 10.8 Å². The largest absolute Gasteiger partial charge is 0.477 e. The summed E-state index contributed by atoms with van der Waals surface area (Å²) < 4.78 is 6.03. The fourth-order valence-corrected chi connectivity index (χ4v) is 2.82. The summed E-state index contributed by atoms with van der Waals surface area (Å²) in [6, 6.07) is 1.75. The molecule has 0 unspecified atom stereocenters.